The quantitative estimate of drug-likeness (QED) is 0.449. The van der Waals surface area contributed by atoms with Crippen molar-refractivity contribution in [2.75, 3.05) is 0 Å². The van der Waals surface area contributed by atoms with Crippen molar-refractivity contribution in [1.29, 1.82) is 0 Å². The fourth-order valence-electron chi connectivity index (χ4n) is 4.37. The summed E-state index contributed by atoms with van der Waals surface area (Å²) in [5.41, 5.74) is 6.21. The highest BCUT2D eigenvalue weighted by molar-refractivity contribution is 8.93. The highest BCUT2D eigenvalue weighted by Gasteiger charge is 2.36. The Bertz CT molecular complexity index is 996. The maximum Gasteiger partial charge on any atom is 0.157 e. The highest BCUT2D eigenvalue weighted by Crippen LogP contribution is 2.47. The van der Waals surface area contributed by atoms with Crippen molar-refractivity contribution >= 4 is 28.3 Å². The van der Waals surface area contributed by atoms with Crippen LogP contribution in [-0.2, 0) is 13.0 Å². The molecule has 3 nitrogen and oxygen atoms in total. The predicted molar refractivity (Wildman–Crippen MR) is 115 cm³/mol. The smallest absolute Gasteiger partial charge is 0.157 e. The fourth-order valence-corrected chi connectivity index (χ4v) is 5.53. The summed E-state index contributed by atoms with van der Waals surface area (Å²) in [6.07, 6.45) is 1.98. The van der Waals surface area contributed by atoms with E-state index in [0.29, 0.717) is 6.04 Å². The molecule has 1 aromatic heterocycles. The number of nitrogens with one attached hydrogen (secondary N) is 1. The zero-order valence-corrected chi connectivity index (χ0v) is 17.6. The number of phenolic OH excluding ortho intramolecular Hbond substituents is 2. The number of fused-ring (bicyclic) bond motifs is 5. The van der Waals surface area contributed by atoms with Gasteiger partial charge in [0.05, 0.1) is 0 Å². The summed E-state index contributed by atoms with van der Waals surface area (Å²) in [6, 6.07) is 14.9. The number of rotatable bonds is 1. The second-order valence-corrected chi connectivity index (χ2v) is 8.54. The SMILES string of the molecule is Br.Cc1ccc(-c2cc3c(s2)CNC2CCc4cc(O)c(O)cc4C32)cc1. The van der Waals surface area contributed by atoms with Crippen LogP contribution in [0.2, 0.25) is 0 Å². The molecule has 140 valence electrons. The van der Waals surface area contributed by atoms with E-state index in [1.165, 1.54) is 26.4 Å². The van der Waals surface area contributed by atoms with E-state index >= 15 is 0 Å². The Labute approximate surface area is 173 Å². The van der Waals surface area contributed by atoms with Crippen molar-refractivity contribution in [3.05, 3.63) is 69.6 Å². The average molecular weight is 444 g/mol. The number of hydrogen-bond acceptors (Lipinski definition) is 4. The molecule has 0 saturated heterocycles. The second kappa shape index (κ2) is 6.97. The van der Waals surface area contributed by atoms with Crippen molar-refractivity contribution in [3.63, 3.8) is 0 Å². The van der Waals surface area contributed by atoms with Crippen LogP contribution in [0.25, 0.3) is 10.4 Å². The van der Waals surface area contributed by atoms with E-state index < -0.39 is 0 Å². The lowest BCUT2D eigenvalue weighted by atomic mass is 9.74. The summed E-state index contributed by atoms with van der Waals surface area (Å²) in [6.45, 7) is 3.02. The van der Waals surface area contributed by atoms with Crippen LogP contribution in [-0.4, -0.2) is 16.3 Å². The summed E-state index contributed by atoms with van der Waals surface area (Å²) >= 11 is 1.86. The Morgan fingerprint density at radius 3 is 2.52 bits per heavy atom. The summed E-state index contributed by atoms with van der Waals surface area (Å²) in [4.78, 5) is 2.68. The van der Waals surface area contributed by atoms with Gasteiger partial charge < -0.3 is 15.5 Å². The Morgan fingerprint density at radius 1 is 1.00 bits per heavy atom. The molecule has 3 N–H and O–H groups in total. The van der Waals surface area contributed by atoms with E-state index in [4.69, 9.17) is 0 Å². The van der Waals surface area contributed by atoms with Crippen LogP contribution in [0.1, 0.15) is 39.5 Å². The fraction of sp³-hybridized carbons (Fsp3) is 0.273. The number of hydrogen-bond donors (Lipinski definition) is 3. The molecular weight excluding hydrogens is 422 g/mol. The Morgan fingerprint density at radius 2 is 1.74 bits per heavy atom. The summed E-state index contributed by atoms with van der Waals surface area (Å²) in [7, 11) is 0. The lowest BCUT2D eigenvalue weighted by Gasteiger charge is -2.38. The van der Waals surface area contributed by atoms with Gasteiger partial charge in [-0.15, -0.1) is 28.3 Å². The molecule has 0 fully saturated rings. The minimum absolute atomic E-state index is 0. The molecule has 2 atom stereocenters. The Balaban J connectivity index is 0.00000180. The predicted octanol–water partition coefficient (Wildman–Crippen LogP) is 5.26. The minimum Gasteiger partial charge on any atom is -0.504 e. The third kappa shape index (κ3) is 3.08. The molecule has 3 aromatic rings. The van der Waals surface area contributed by atoms with Crippen molar-refractivity contribution in [2.24, 2.45) is 0 Å². The van der Waals surface area contributed by atoms with Crippen LogP contribution in [0.15, 0.2) is 42.5 Å². The van der Waals surface area contributed by atoms with E-state index in [-0.39, 0.29) is 34.4 Å². The Hall–Kier alpha value is -1.82. The van der Waals surface area contributed by atoms with Crippen LogP contribution in [0, 0.1) is 6.92 Å². The maximum atomic E-state index is 10.1. The lowest BCUT2D eigenvalue weighted by Crippen LogP contribution is -2.41. The van der Waals surface area contributed by atoms with Crippen molar-refractivity contribution in [3.8, 4) is 21.9 Å². The molecule has 1 aliphatic carbocycles. The van der Waals surface area contributed by atoms with Gasteiger partial charge in [-0.3, -0.25) is 0 Å². The monoisotopic (exact) mass is 443 g/mol. The number of benzene rings is 2. The molecule has 5 heteroatoms. The maximum absolute atomic E-state index is 10.1. The molecule has 2 aromatic carbocycles. The molecule has 2 aliphatic rings. The number of aryl methyl sites for hydroxylation is 2. The standard InChI is InChI=1S/C22H21NO2S.BrH/c1-12-2-4-13(5-3-12)20-10-16-21(26-20)11-23-17-7-6-14-8-18(24)19(25)9-15(14)22(16)17;/h2-5,8-10,17,22-25H,6-7,11H2,1H3;1H. The van der Waals surface area contributed by atoms with Crippen molar-refractivity contribution < 1.29 is 10.2 Å². The average Bonchev–Trinajstić information content (AvgIpc) is 3.07. The molecule has 0 bridgehead atoms. The molecule has 0 saturated carbocycles. The molecule has 27 heavy (non-hydrogen) atoms. The normalized spacial score (nSPS) is 20.2. The molecule has 5 rings (SSSR count). The van der Waals surface area contributed by atoms with Gasteiger partial charge in [0, 0.05) is 28.3 Å². The molecule has 1 aliphatic heterocycles. The number of halogens is 1. The number of thiophene rings is 1. The first-order valence-corrected chi connectivity index (χ1v) is 9.89. The zero-order valence-electron chi connectivity index (χ0n) is 15.0. The van der Waals surface area contributed by atoms with E-state index in [1.807, 2.05) is 11.3 Å². The second-order valence-electron chi connectivity index (χ2n) is 7.40. The number of phenols is 2. The summed E-state index contributed by atoms with van der Waals surface area (Å²) in [5, 5.41) is 23.6. The Kier molecular flexibility index (Phi) is 4.78. The van der Waals surface area contributed by atoms with Gasteiger partial charge in [0.1, 0.15) is 0 Å². The lowest BCUT2D eigenvalue weighted by molar-refractivity contribution is 0.382. The van der Waals surface area contributed by atoms with Gasteiger partial charge in [0.25, 0.3) is 0 Å². The first kappa shape index (κ1) is 18.5. The van der Waals surface area contributed by atoms with Crippen molar-refractivity contribution in [1.82, 2.24) is 5.32 Å². The van der Waals surface area contributed by atoms with Crippen LogP contribution < -0.4 is 5.32 Å². The summed E-state index contributed by atoms with van der Waals surface area (Å²) in [5.74, 6) is 0.201. The van der Waals surface area contributed by atoms with Crippen LogP contribution in [0.3, 0.4) is 0 Å². The van der Waals surface area contributed by atoms with E-state index in [0.717, 1.165) is 30.5 Å². The van der Waals surface area contributed by atoms with Gasteiger partial charge in [-0.1, -0.05) is 29.8 Å². The van der Waals surface area contributed by atoms with Gasteiger partial charge in [-0.05, 0) is 60.2 Å². The first-order chi connectivity index (χ1) is 12.6. The molecule has 0 amide bonds. The van der Waals surface area contributed by atoms with Crippen LogP contribution >= 0.6 is 28.3 Å². The molecule has 0 radical (unpaired) electrons. The molecule has 2 unspecified atom stereocenters. The molecule has 2 heterocycles. The van der Waals surface area contributed by atoms with Crippen molar-refractivity contribution in [2.45, 2.75) is 38.3 Å². The molecular formula is C22H22BrNO2S. The third-order valence-corrected chi connectivity index (χ3v) is 6.94. The third-order valence-electron chi connectivity index (χ3n) is 5.74. The van der Waals surface area contributed by atoms with E-state index in [2.05, 4.69) is 42.6 Å². The topological polar surface area (TPSA) is 52.5 Å². The van der Waals surface area contributed by atoms with Gasteiger partial charge >= 0.3 is 0 Å². The van der Waals surface area contributed by atoms with Gasteiger partial charge in [0.2, 0.25) is 0 Å². The van der Waals surface area contributed by atoms with Crippen LogP contribution in [0.5, 0.6) is 11.5 Å². The first-order valence-electron chi connectivity index (χ1n) is 9.08. The van der Waals surface area contributed by atoms with Gasteiger partial charge in [0.15, 0.2) is 11.5 Å². The van der Waals surface area contributed by atoms with Gasteiger partial charge in [-0.25, -0.2) is 0 Å². The van der Waals surface area contributed by atoms with Gasteiger partial charge in [-0.2, -0.15) is 0 Å². The van der Waals surface area contributed by atoms with E-state index in [1.54, 1.807) is 12.1 Å². The minimum atomic E-state index is -0.0227. The largest absolute Gasteiger partial charge is 0.504 e. The zero-order chi connectivity index (χ0) is 17.8. The van der Waals surface area contributed by atoms with E-state index in [9.17, 15) is 10.2 Å². The van der Waals surface area contributed by atoms with Crippen LogP contribution in [0.4, 0.5) is 0 Å². The summed E-state index contributed by atoms with van der Waals surface area (Å²) < 4.78 is 0. The number of aromatic hydroxyl groups is 2. The molecule has 0 spiro atoms. The highest BCUT2D eigenvalue weighted by atomic mass is 79.9.